The molecule has 0 fully saturated rings. The van der Waals surface area contributed by atoms with Gasteiger partial charge in [0.25, 0.3) is 10.0 Å². The molecule has 0 unspecified atom stereocenters. The smallest absolute Gasteiger partial charge is 0.264 e. The summed E-state index contributed by atoms with van der Waals surface area (Å²) in [6.07, 6.45) is 0.936. The van der Waals surface area contributed by atoms with Crippen molar-refractivity contribution in [2.75, 3.05) is 24.5 Å². The number of hydrogen-bond donors (Lipinski definition) is 1. The zero-order valence-electron chi connectivity index (χ0n) is 24.7. The highest BCUT2D eigenvalue weighted by molar-refractivity contribution is 7.92. The van der Waals surface area contributed by atoms with E-state index in [9.17, 15) is 18.0 Å². The highest BCUT2D eigenvalue weighted by atomic mass is 35.5. The Morgan fingerprint density at radius 2 is 1.50 bits per heavy atom. The third kappa shape index (κ3) is 8.18. The molecule has 0 aromatic heterocycles. The lowest BCUT2D eigenvalue weighted by Crippen LogP contribution is -2.53. The number of hydrogen-bond acceptors (Lipinski definition) is 5. The number of nitrogens with one attached hydrogen (secondary N) is 1. The van der Waals surface area contributed by atoms with Crippen LogP contribution in [0, 0.1) is 0 Å². The van der Waals surface area contributed by atoms with Gasteiger partial charge in [0.15, 0.2) is 0 Å². The van der Waals surface area contributed by atoms with Gasteiger partial charge in [0.05, 0.1) is 17.7 Å². The van der Waals surface area contributed by atoms with Crippen LogP contribution >= 0.6 is 11.6 Å². The summed E-state index contributed by atoms with van der Waals surface area (Å²) in [5.41, 5.74) is 1.75. The number of halogens is 1. The average Bonchev–Trinajstić information content (AvgIpc) is 3.04. The fraction of sp³-hybridized carbons (Fsp3) is 0.235. The summed E-state index contributed by atoms with van der Waals surface area (Å²) in [5.74, 6) is -0.619. The van der Waals surface area contributed by atoms with Gasteiger partial charge in [-0.2, -0.15) is 0 Å². The lowest BCUT2D eigenvalue weighted by Gasteiger charge is -2.34. The molecule has 4 aromatic carbocycles. The molecule has 0 heterocycles. The molecule has 44 heavy (non-hydrogen) atoms. The average molecular weight is 634 g/mol. The molecule has 0 aliphatic heterocycles. The van der Waals surface area contributed by atoms with Crippen LogP contribution in [0.5, 0.6) is 5.75 Å². The number of amides is 2. The third-order valence-corrected chi connectivity index (χ3v) is 9.04. The van der Waals surface area contributed by atoms with Crippen LogP contribution in [0.1, 0.15) is 24.5 Å². The van der Waals surface area contributed by atoms with Gasteiger partial charge in [-0.05, 0) is 53.9 Å². The van der Waals surface area contributed by atoms with Crippen molar-refractivity contribution in [1.82, 2.24) is 10.2 Å². The van der Waals surface area contributed by atoms with Crippen molar-refractivity contribution < 1.29 is 22.7 Å². The van der Waals surface area contributed by atoms with Crippen LogP contribution in [0.3, 0.4) is 0 Å². The zero-order chi connectivity index (χ0) is 31.5. The number of nitrogens with zero attached hydrogens (tertiary/aromatic N) is 2. The molecule has 0 saturated carbocycles. The van der Waals surface area contributed by atoms with Crippen LogP contribution in [0.25, 0.3) is 0 Å². The molecule has 0 aliphatic carbocycles. The topological polar surface area (TPSA) is 96.0 Å². The van der Waals surface area contributed by atoms with Gasteiger partial charge in [0.1, 0.15) is 18.3 Å². The summed E-state index contributed by atoms with van der Waals surface area (Å²) in [5, 5.41) is 3.41. The van der Waals surface area contributed by atoms with Gasteiger partial charge in [0, 0.05) is 24.5 Å². The molecular weight excluding hydrogens is 598 g/mol. The van der Waals surface area contributed by atoms with Gasteiger partial charge in [-0.1, -0.05) is 91.3 Å². The number of carbonyl (C=O) groups is 2. The van der Waals surface area contributed by atoms with Gasteiger partial charge in [-0.15, -0.1) is 0 Å². The first-order valence-corrected chi connectivity index (χ1v) is 16.1. The minimum absolute atomic E-state index is 0.0154. The molecule has 4 aromatic rings. The molecule has 0 saturated heterocycles. The number of rotatable bonds is 14. The Kier molecular flexibility index (Phi) is 11.4. The second kappa shape index (κ2) is 15.4. The van der Waals surface area contributed by atoms with Crippen molar-refractivity contribution in [3.63, 3.8) is 0 Å². The normalized spacial score (nSPS) is 11.8. The zero-order valence-corrected chi connectivity index (χ0v) is 26.3. The minimum Gasteiger partial charge on any atom is -0.495 e. The first-order chi connectivity index (χ1) is 21.2. The summed E-state index contributed by atoms with van der Waals surface area (Å²) < 4.78 is 34.7. The Labute approximate surface area is 264 Å². The van der Waals surface area contributed by atoms with Crippen molar-refractivity contribution in [1.29, 1.82) is 0 Å². The first-order valence-electron chi connectivity index (χ1n) is 14.3. The lowest BCUT2D eigenvalue weighted by atomic mass is 10.0. The number of para-hydroxylation sites is 2. The van der Waals surface area contributed by atoms with Crippen LogP contribution in [0.4, 0.5) is 5.69 Å². The standard InChI is InChI=1S/C34H36ClN3O5S/c1-3-21-36-34(40)31(23-26-13-6-4-7-14-26)37(24-27-15-12-16-28(35)22-27)33(39)25-38(30-19-10-11-20-32(30)43-2)44(41,42)29-17-8-5-9-18-29/h4-20,22,31H,3,21,23-25H2,1-2H3,(H,36,40)/t31-/m1/s1. The minimum atomic E-state index is -4.23. The molecule has 0 bridgehead atoms. The maximum atomic E-state index is 14.5. The van der Waals surface area contributed by atoms with E-state index in [1.807, 2.05) is 43.3 Å². The predicted molar refractivity (Wildman–Crippen MR) is 173 cm³/mol. The maximum Gasteiger partial charge on any atom is 0.264 e. The molecule has 1 atom stereocenters. The molecule has 10 heteroatoms. The van der Waals surface area contributed by atoms with Crippen LogP contribution in [0.15, 0.2) is 114 Å². The van der Waals surface area contributed by atoms with E-state index in [0.717, 1.165) is 9.87 Å². The fourth-order valence-electron chi connectivity index (χ4n) is 4.82. The summed E-state index contributed by atoms with van der Waals surface area (Å²) in [4.78, 5) is 29.6. The van der Waals surface area contributed by atoms with Gasteiger partial charge < -0.3 is 15.0 Å². The van der Waals surface area contributed by atoms with E-state index in [1.165, 1.54) is 24.1 Å². The Balaban J connectivity index is 1.82. The molecule has 0 spiro atoms. The molecule has 1 N–H and O–H groups in total. The monoisotopic (exact) mass is 633 g/mol. The predicted octanol–water partition coefficient (Wildman–Crippen LogP) is 5.71. The van der Waals surface area contributed by atoms with Gasteiger partial charge in [-0.3, -0.25) is 13.9 Å². The second-order valence-electron chi connectivity index (χ2n) is 10.1. The highest BCUT2D eigenvalue weighted by Gasteiger charge is 2.35. The number of benzene rings is 4. The Hall–Kier alpha value is -4.34. The SMILES string of the molecule is CCCNC(=O)[C@@H](Cc1ccccc1)N(Cc1cccc(Cl)c1)C(=O)CN(c1ccccc1OC)S(=O)(=O)c1ccccc1. The number of ether oxygens (including phenoxy) is 1. The van der Waals surface area contributed by atoms with Crippen molar-refractivity contribution in [2.45, 2.75) is 37.2 Å². The molecule has 4 rings (SSSR count). The second-order valence-corrected chi connectivity index (χ2v) is 12.4. The van der Waals surface area contributed by atoms with Crippen molar-refractivity contribution in [3.05, 3.63) is 125 Å². The molecule has 0 radical (unpaired) electrons. The van der Waals surface area contributed by atoms with Crippen LogP contribution < -0.4 is 14.4 Å². The Morgan fingerprint density at radius 1 is 0.864 bits per heavy atom. The van der Waals surface area contributed by atoms with E-state index in [-0.39, 0.29) is 35.2 Å². The lowest BCUT2D eigenvalue weighted by molar-refractivity contribution is -0.140. The van der Waals surface area contributed by atoms with Crippen LogP contribution in [-0.4, -0.2) is 51.4 Å². The van der Waals surface area contributed by atoms with Gasteiger partial charge in [-0.25, -0.2) is 8.42 Å². The number of methoxy groups -OCH3 is 1. The number of anilines is 1. The fourth-order valence-corrected chi connectivity index (χ4v) is 6.48. The quantitative estimate of drug-likeness (QED) is 0.192. The summed E-state index contributed by atoms with van der Waals surface area (Å²) in [6, 6.07) is 30.0. The van der Waals surface area contributed by atoms with Crippen molar-refractivity contribution in [2.24, 2.45) is 0 Å². The largest absolute Gasteiger partial charge is 0.495 e. The molecular formula is C34H36ClN3O5S. The number of sulfonamides is 1. The van der Waals surface area contributed by atoms with E-state index in [2.05, 4.69) is 5.32 Å². The third-order valence-electron chi connectivity index (χ3n) is 7.03. The van der Waals surface area contributed by atoms with Gasteiger partial charge in [0.2, 0.25) is 11.8 Å². The summed E-state index contributed by atoms with van der Waals surface area (Å²) in [6.45, 7) is 1.83. The molecule has 230 valence electrons. The van der Waals surface area contributed by atoms with E-state index in [1.54, 1.807) is 60.7 Å². The van der Waals surface area contributed by atoms with Gasteiger partial charge >= 0.3 is 0 Å². The van der Waals surface area contributed by atoms with E-state index < -0.39 is 28.5 Å². The maximum absolute atomic E-state index is 14.5. The number of carbonyl (C=O) groups excluding carboxylic acids is 2. The summed E-state index contributed by atoms with van der Waals surface area (Å²) in [7, 11) is -2.79. The van der Waals surface area contributed by atoms with E-state index in [0.29, 0.717) is 23.6 Å². The van der Waals surface area contributed by atoms with Crippen molar-refractivity contribution >= 4 is 39.1 Å². The van der Waals surface area contributed by atoms with Crippen LogP contribution in [0.2, 0.25) is 5.02 Å². The van der Waals surface area contributed by atoms with E-state index >= 15 is 0 Å². The molecule has 0 aliphatic rings. The molecule has 8 nitrogen and oxygen atoms in total. The highest BCUT2D eigenvalue weighted by Crippen LogP contribution is 2.32. The Bertz CT molecular complexity index is 1650. The van der Waals surface area contributed by atoms with Crippen LogP contribution in [-0.2, 0) is 32.6 Å². The first kappa shape index (κ1) is 32.6. The molecule has 2 amide bonds. The van der Waals surface area contributed by atoms with E-state index in [4.69, 9.17) is 16.3 Å². The Morgan fingerprint density at radius 3 is 2.16 bits per heavy atom. The summed E-state index contributed by atoms with van der Waals surface area (Å²) >= 11 is 6.29. The van der Waals surface area contributed by atoms with Crippen molar-refractivity contribution in [3.8, 4) is 5.75 Å².